The maximum Gasteiger partial charge on any atom is 0.0342 e. The molecule has 66 valence electrons. The van der Waals surface area contributed by atoms with Crippen LogP contribution in [0.25, 0.3) is 0 Å². The van der Waals surface area contributed by atoms with Crippen molar-refractivity contribution >= 4 is 22.9 Å². The van der Waals surface area contributed by atoms with Crippen molar-refractivity contribution in [2.75, 3.05) is 0 Å². The quantitative estimate of drug-likeness (QED) is 0.601. The van der Waals surface area contributed by atoms with E-state index in [0.29, 0.717) is 5.38 Å². The molecule has 0 aromatic carbocycles. The Balaban J connectivity index is 2.04. The van der Waals surface area contributed by atoms with E-state index in [1.54, 1.807) is 0 Å². The lowest BCUT2D eigenvalue weighted by Crippen LogP contribution is -2.12. The van der Waals surface area contributed by atoms with Crippen LogP contribution >= 0.6 is 22.9 Å². The van der Waals surface area contributed by atoms with Crippen LogP contribution in [-0.2, 0) is 0 Å². The van der Waals surface area contributed by atoms with Crippen LogP contribution in [0.2, 0.25) is 0 Å². The Hall–Kier alpha value is -0.0100. The smallest absolute Gasteiger partial charge is 0.0342 e. The molecule has 0 spiro atoms. The van der Waals surface area contributed by atoms with Crippen molar-refractivity contribution in [3.8, 4) is 0 Å². The molecule has 1 aliphatic rings. The molecule has 2 atom stereocenters. The van der Waals surface area contributed by atoms with E-state index in [1.807, 2.05) is 11.3 Å². The number of rotatable bonds is 1. The maximum atomic E-state index is 6.13. The fourth-order valence-electron chi connectivity index (χ4n) is 1.91. The Bertz CT molecular complexity index is 230. The van der Waals surface area contributed by atoms with Gasteiger partial charge >= 0.3 is 0 Å². The van der Waals surface area contributed by atoms with Gasteiger partial charge in [-0.05, 0) is 36.6 Å². The Morgan fingerprint density at radius 3 is 3.00 bits per heavy atom. The summed E-state index contributed by atoms with van der Waals surface area (Å²) in [5.74, 6) is 0.751. The lowest BCUT2D eigenvalue weighted by Gasteiger charge is -2.24. The molecule has 0 radical (unpaired) electrons. The van der Waals surface area contributed by atoms with Crippen molar-refractivity contribution in [2.45, 2.75) is 37.0 Å². The highest BCUT2D eigenvalue weighted by Gasteiger charge is 2.21. The Kier molecular flexibility index (Phi) is 2.72. The first-order valence-electron chi connectivity index (χ1n) is 4.54. The zero-order valence-electron chi connectivity index (χ0n) is 7.00. The third-order valence-corrected chi connectivity index (χ3v) is 3.99. The first-order chi connectivity index (χ1) is 5.86. The van der Waals surface area contributed by atoms with Crippen LogP contribution in [0.4, 0.5) is 0 Å². The molecule has 2 rings (SSSR count). The van der Waals surface area contributed by atoms with Crippen LogP contribution in [-0.4, -0.2) is 5.38 Å². The highest BCUT2D eigenvalue weighted by Crippen LogP contribution is 2.36. The van der Waals surface area contributed by atoms with Gasteiger partial charge in [0.2, 0.25) is 0 Å². The molecule has 1 saturated carbocycles. The molecule has 0 amide bonds. The molecule has 12 heavy (non-hydrogen) atoms. The van der Waals surface area contributed by atoms with Gasteiger partial charge in [-0.2, -0.15) is 0 Å². The van der Waals surface area contributed by atoms with Crippen LogP contribution in [0, 0.1) is 0 Å². The second-order valence-electron chi connectivity index (χ2n) is 3.48. The fraction of sp³-hybridized carbons (Fsp3) is 0.600. The van der Waals surface area contributed by atoms with E-state index in [0.717, 1.165) is 5.92 Å². The summed E-state index contributed by atoms with van der Waals surface area (Å²) in [7, 11) is 0. The van der Waals surface area contributed by atoms with Crippen molar-refractivity contribution < 1.29 is 0 Å². The molecule has 0 nitrogen and oxygen atoms in total. The standard InChI is InChI=1S/C10H13ClS/c11-9-4-1-3-8(7-9)10-5-2-6-12-10/h2,5-6,8-9H,1,3-4,7H2. The third-order valence-electron chi connectivity index (χ3n) is 2.56. The minimum Gasteiger partial charge on any atom is -0.149 e. The monoisotopic (exact) mass is 200 g/mol. The van der Waals surface area contributed by atoms with Crippen LogP contribution in [0.15, 0.2) is 17.5 Å². The normalized spacial score (nSPS) is 30.4. The molecule has 2 heteroatoms. The summed E-state index contributed by atoms with van der Waals surface area (Å²) in [5, 5.41) is 2.58. The van der Waals surface area contributed by atoms with Crippen molar-refractivity contribution in [1.82, 2.24) is 0 Å². The van der Waals surface area contributed by atoms with Gasteiger partial charge in [0.05, 0.1) is 0 Å². The molecule has 1 fully saturated rings. The summed E-state index contributed by atoms with van der Waals surface area (Å²) < 4.78 is 0. The van der Waals surface area contributed by atoms with Gasteiger partial charge in [-0.1, -0.05) is 12.5 Å². The summed E-state index contributed by atoms with van der Waals surface area (Å²) in [5.41, 5.74) is 0. The molecule has 0 bridgehead atoms. The van der Waals surface area contributed by atoms with E-state index in [4.69, 9.17) is 11.6 Å². The predicted octanol–water partition coefficient (Wildman–Crippen LogP) is 4.01. The summed E-state index contributed by atoms with van der Waals surface area (Å²) in [6.45, 7) is 0. The topological polar surface area (TPSA) is 0 Å². The van der Waals surface area contributed by atoms with E-state index < -0.39 is 0 Å². The molecule has 1 heterocycles. The number of hydrogen-bond donors (Lipinski definition) is 0. The molecule has 1 aromatic heterocycles. The van der Waals surface area contributed by atoms with Gasteiger partial charge in [-0.3, -0.25) is 0 Å². The van der Waals surface area contributed by atoms with Gasteiger partial charge in [0.1, 0.15) is 0 Å². The largest absolute Gasteiger partial charge is 0.149 e. The lowest BCUT2D eigenvalue weighted by atomic mass is 9.88. The number of thiophene rings is 1. The second-order valence-corrected chi connectivity index (χ2v) is 5.07. The van der Waals surface area contributed by atoms with Gasteiger partial charge < -0.3 is 0 Å². The molecule has 1 aliphatic carbocycles. The Morgan fingerprint density at radius 2 is 2.33 bits per heavy atom. The molecule has 0 aliphatic heterocycles. The summed E-state index contributed by atoms with van der Waals surface area (Å²) in [6.07, 6.45) is 5.03. The van der Waals surface area contributed by atoms with E-state index in [-0.39, 0.29) is 0 Å². The Labute approximate surface area is 82.6 Å². The Morgan fingerprint density at radius 1 is 1.42 bits per heavy atom. The van der Waals surface area contributed by atoms with Crippen LogP contribution in [0.3, 0.4) is 0 Å². The van der Waals surface area contributed by atoms with Crippen LogP contribution < -0.4 is 0 Å². The average molecular weight is 201 g/mol. The van der Waals surface area contributed by atoms with Crippen molar-refractivity contribution in [1.29, 1.82) is 0 Å². The van der Waals surface area contributed by atoms with E-state index >= 15 is 0 Å². The number of alkyl halides is 1. The molecular weight excluding hydrogens is 188 g/mol. The summed E-state index contributed by atoms with van der Waals surface area (Å²) in [6, 6.07) is 4.38. The highest BCUT2D eigenvalue weighted by atomic mass is 35.5. The SMILES string of the molecule is ClC1CCCC(c2cccs2)C1. The van der Waals surface area contributed by atoms with Crippen LogP contribution in [0.1, 0.15) is 36.5 Å². The predicted molar refractivity (Wildman–Crippen MR) is 55.2 cm³/mol. The molecule has 1 aromatic rings. The van der Waals surface area contributed by atoms with Gasteiger partial charge in [0.15, 0.2) is 0 Å². The minimum absolute atomic E-state index is 0.422. The average Bonchev–Trinajstić information content (AvgIpc) is 2.56. The number of halogens is 1. The van der Waals surface area contributed by atoms with Crippen molar-refractivity contribution in [2.24, 2.45) is 0 Å². The molecule has 0 saturated heterocycles. The van der Waals surface area contributed by atoms with E-state index in [1.165, 1.54) is 30.6 Å². The number of hydrogen-bond acceptors (Lipinski definition) is 1. The zero-order chi connectivity index (χ0) is 8.39. The summed E-state index contributed by atoms with van der Waals surface area (Å²) in [4.78, 5) is 1.53. The third kappa shape index (κ3) is 1.83. The molecule has 0 N–H and O–H groups in total. The van der Waals surface area contributed by atoms with E-state index in [9.17, 15) is 0 Å². The minimum atomic E-state index is 0.422. The van der Waals surface area contributed by atoms with Gasteiger partial charge in [-0.25, -0.2) is 0 Å². The lowest BCUT2D eigenvalue weighted by molar-refractivity contribution is 0.454. The second kappa shape index (κ2) is 3.80. The zero-order valence-corrected chi connectivity index (χ0v) is 8.57. The van der Waals surface area contributed by atoms with E-state index in [2.05, 4.69) is 17.5 Å². The first-order valence-corrected chi connectivity index (χ1v) is 5.85. The van der Waals surface area contributed by atoms with Gasteiger partial charge in [0, 0.05) is 10.3 Å². The van der Waals surface area contributed by atoms with Crippen molar-refractivity contribution in [3.05, 3.63) is 22.4 Å². The molecular formula is C10H13ClS. The maximum absolute atomic E-state index is 6.13. The highest BCUT2D eigenvalue weighted by molar-refractivity contribution is 7.10. The van der Waals surface area contributed by atoms with Crippen LogP contribution in [0.5, 0.6) is 0 Å². The van der Waals surface area contributed by atoms with Crippen molar-refractivity contribution in [3.63, 3.8) is 0 Å². The molecule has 2 unspecified atom stereocenters. The van der Waals surface area contributed by atoms with Gasteiger partial charge in [-0.15, -0.1) is 22.9 Å². The van der Waals surface area contributed by atoms with Gasteiger partial charge in [0.25, 0.3) is 0 Å². The summed E-state index contributed by atoms with van der Waals surface area (Å²) >= 11 is 8.01. The fourth-order valence-corrected chi connectivity index (χ4v) is 3.16. The first kappa shape index (κ1) is 8.58.